The van der Waals surface area contributed by atoms with Gasteiger partial charge in [0.25, 0.3) is 0 Å². The van der Waals surface area contributed by atoms with Crippen molar-refractivity contribution in [1.29, 1.82) is 0 Å². The van der Waals surface area contributed by atoms with Gasteiger partial charge in [0, 0.05) is 25.5 Å². The van der Waals surface area contributed by atoms with Gasteiger partial charge in [-0.05, 0) is 29.7 Å². The van der Waals surface area contributed by atoms with Gasteiger partial charge in [-0.3, -0.25) is 0 Å². The van der Waals surface area contributed by atoms with Gasteiger partial charge in [0.05, 0.1) is 5.70 Å². The van der Waals surface area contributed by atoms with Crippen LogP contribution in [0.2, 0.25) is 0 Å². The van der Waals surface area contributed by atoms with E-state index in [9.17, 15) is 5.11 Å². The monoisotopic (exact) mass is 240 g/mol. The van der Waals surface area contributed by atoms with Crippen LogP contribution in [0.5, 0.6) is 0 Å². The summed E-state index contributed by atoms with van der Waals surface area (Å²) in [5.74, 6) is 0.315. The van der Waals surface area contributed by atoms with E-state index in [0.717, 1.165) is 25.2 Å². The Morgan fingerprint density at radius 3 is 2.72 bits per heavy atom. The van der Waals surface area contributed by atoms with Gasteiger partial charge in [-0.1, -0.05) is 24.3 Å². The SMILES string of the molecule is OC1=C(N2CCc3ccccc3C2)C=CNC=C1. The number of fused-ring (bicyclic) bond motifs is 1. The molecule has 3 heteroatoms. The van der Waals surface area contributed by atoms with Crippen LogP contribution in [0.3, 0.4) is 0 Å². The smallest absolute Gasteiger partial charge is 0.140 e. The summed E-state index contributed by atoms with van der Waals surface area (Å²) in [6.07, 6.45) is 8.21. The molecule has 0 atom stereocenters. The van der Waals surface area contributed by atoms with Crippen LogP contribution in [0.4, 0.5) is 0 Å². The van der Waals surface area contributed by atoms with E-state index < -0.39 is 0 Å². The van der Waals surface area contributed by atoms with Gasteiger partial charge >= 0.3 is 0 Å². The highest BCUT2D eigenvalue weighted by Gasteiger charge is 2.18. The van der Waals surface area contributed by atoms with Crippen LogP contribution in [-0.4, -0.2) is 16.6 Å². The molecule has 0 spiro atoms. The fourth-order valence-corrected chi connectivity index (χ4v) is 2.45. The molecular weight excluding hydrogens is 224 g/mol. The lowest BCUT2D eigenvalue weighted by Gasteiger charge is -2.31. The summed E-state index contributed by atoms with van der Waals surface area (Å²) in [6.45, 7) is 1.79. The van der Waals surface area contributed by atoms with Gasteiger partial charge < -0.3 is 15.3 Å². The lowest BCUT2D eigenvalue weighted by atomic mass is 9.99. The number of benzene rings is 1. The van der Waals surface area contributed by atoms with E-state index in [2.05, 4.69) is 34.5 Å². The average molecular weight is 240 g/mol. The molecule has 3 rings (SSSR count). The zero-order valence-corrected chi connectivity index (χ0v) is 10.1. The first kappa shape index (κ1) is 11.0. The lowest BCUT2D eigenvalue weighted by molar-refractivity contribution is 0.305. The van der Waals surface area contributed by atoms with Crippen molar-refractivity contribution in [3.63, 3.8) is 0 Å². The van der Waals surface area contributed by atoms with Crippen LogP contribution >= 0.6 is 0 Å². The topological polar surface area (TPSA) is 35.5 Å². The van der Waals surface area contributed by atoms with Crippen molar-refractivity contribution in [3.05, 3.63) is 71.4 Å². The van der Waals surface area contributed by atoms with Crippen molar-refractivity contribution in [3.8, 4) is 0 Å². The van der Waals surface area contributed by atoms with E-state index in [1.165, 1.54) is 11.1 Å². The Labute approximate surface area is 107 Å². The zero-order valence-electron chi connectivity index (χ0n) is 10.1. The van der Waals surface area contributed by atoms with Crippen LogP contribution in [0.15, 0.2) is 60.3 Å². The Morgan fingerprint density at radius 2 is 1.83 bits per heavy atom. The van der Waals surface area contributed by atoms with E-state index in [-0.39, 0.29) is 0 Å². The Morgan fingerprint density at radius 1 is 1.06 bits per heavy atom. The molecule has 1 aromatic carbocycles. The van der Waals surface area contributed by atoms with Crippen molar-refractivity contribution in [1.82, 2.24) is 10.2 Å². The number of nitrogens with zero attached hydrogens (tertiary/aromatic N) is 1. The zero-order chi connectivity index (χ0) is 12.4. The largest absolute Gasteiger partial charge is 0.506 e. The molecule has 1 aromatic rings. The summed E-state index contributed by atoms with van der Waals surface area (Å²) in [5.41, 5.74) is 3.64. The standard InChI is InChI=1S/C15H16N2O/c18-15-6-9-16-8-5-14(15)17-10-7-12-3-1-2-4-13(12)11-17/h1-6,8-9,16,18H,7,10-11H2. The number of rotatable bonds is 1. The normalized spacial score (nSPS) is 18.3. The molecule has 0 saturated heterocycles. The second-order valence-electron chi connectivity index (χ2n) is 4.54. The number of aliphatic hydroxyl groups is 1. The minimum absolute atomic E-state index is 0.315. The van der Waals surface area contributed by atoms with E-state index >= 15 is 0 Å². The van der Waals surface area contributed by atoms with Crippen LogP contribution in [0.1, 0.15) is 11.1 Å². The molecule has 0 fully saturated rings. The van der Waals surface area contributed by atoms with E-state index in [4.69, 9.17) is 0 Å². The molecule has 92 valence electrons. The average Bonchev–Trinajstić information content (AvgIpc) is 2.63. The quantitative estimate of drug-likeness (QED) is 0.791. The van der Waals surface area contributed by atoms with Crippen molar-refractivity contribution >= 4 is 0 Å². The van der Waals surface area contributed by atoms with Crippen molar-refractivity contribution < 1.29 is 5.11 Å². The third kappa shape index (κ3) is 1.99. The van der Waals surface area contributed by atoms with Crippen molar-refractivity contribution in [2.45, 2.75) is 13.0 Å². The molecule has 3 nitrogen and oxygen atoms in total. The maximum atomic E-state index is 10.0. The third-order valence-corrected chi connectivity index (χ3v) is 3.41. The number of allylic oxidation sites excluding steroid dienone is 2. The van der Waals surface area contributed by atoms with Crippen LogP contribution in [0, 0.1) is 0 Å². The number of aliphatic hydroxyl groups excluding tert-OH is 1. The molecule has 0 radical (unpaired) electrons. The minimum Gasteiger partial charge on any atom is -0.506 e. The highest BCUT2D eigenvalue weighted by atomic mass is 16.3. The summed E-state index contributed by atoms with van der Waals surface area (Å²) < 4.78 is 0. The summed E-state index contributed by atoms with van der Waals surface area (Å²) >= 11 is 0. The Hall–Kier alpha value is -2.16. The first-order valence-corrected chi connectivity index (χ1v) is 6.19. The molecule has 2 N–H and O–H groups in total. The molecule has 18 heavy (non-hydrogen) atoms. The van der Waals surface area contributed by atoms with E-state index in [1.54, 1.807) is 12.3 Å². The van der Waals surface area contributed by atoms with Gasteiger partial charge in [0.1, 0.15) is 5.76 Å². The summed E-state index contributed by atoms with van der Waals surface area (Å²) in [6, 6.07) is 8.50. The molecule has 2 aliphatic heterocycles. The number of nitrogens with one attached hydrogen (secondary N) is 1. The van der Waals surface area contributed by atoms with Crippen LogP contribution < -0.4 is 5.32 Å². The van der Waals surface area contributed by atoms with Crippen LogP contribution in [0.25, 0.3) is 0 Å². The maximum Gasteiger partial charge on any atom is 0.140 e. The van der Waals surface area contributed by atoms with E-state index in [0.29, 0.717) is 5.76 Å². The second-order valence-corrected chi connectivity index (χ2v) is 4.54. The molecule has 0 aromatic heterocycles. The highest BCUT2D eigenvalue weighted by Crippen LogP contribution is 2.24. The molecule has 2 aliphatic rings. The summed E-state index contributed by atoms with van der Waals surface area (Å²) in [5, 5.41) is 13.0. The fraction of sp³-hybridized carbons (Fsp3) is 0.200. The highest BCUT2D eigenvalue weighted by molar-refractivity contribution is 5.34. The summed E-state index contributed by atoms with van der Waals surface area (Å²) in [4.78, 5) is 2.21. The van der Waals surface area contributed by atoms with Gasteiger partial charge in [-0.15, -0.1) is 0 Å². The molecular formula is C15H16N2O. The lowest BCUT2D eigenvalue weighted by Crippen LogP contribution is -2.30. The fourth-order valence-electron chi connectivity index (χ4n) is 2.45. The Balaban J connectivity index is 1.90. The van der Waals surface area contributed by atoms with E-state index in [1.807, 2.05) is 12.3 Å². The maximum absolute atomic E-state index is 10.0. The van der Waals surface area contributed by atoms with Gasteiger partial charge in [-0.2, -0.15) is 0 Å². The van der Waals surface area contributed by atoms with Gasteiger partial charge in [0.15, 0.2) is 0 Å². The first-order valence-electron chi connectivity index (χ1n) is 6.19. The molecule has 0 amide bonds. The second kappa shape index (κ2) is 4.61. The predicted molar refractivity (Wildman–Crippen MR) is 71.6 cm³/mol. The van der Waals surface area contributed by atoms with Crippen molar-refractivity contribution in [2.24, 2.45) is 0 Å². The Kier molecular flexibility index (Phi) is 2.81. The predicted octanol–water partition coefficient (Wildman–Crippen LogP) is 2.44. The van der Waals surface area contributed by atoms with Gasteiger partial charge in [0.2, 0.25) is 0 Å². The minimum atomic E-state index is 0.315. The molecule has 2 heterocycles. The van der Waals surface area contributed by atoms with Crippen molar-refractivity contribution in [2.75, 3.05) is 6.54 Å². The third-order valence-electron chi connectivity index (χ3n) is 3.41. The molecule has 0 saturated carbocycles. The van der Waals surface area contributed by atoms with Gasteiger partial charge in [-0.25, -0.2) is 0 Å². The summed E-state index contributed by atoms with van der Waals surface area (Å²) in [7, 11) is 0. The molecule has 0 aliphatic carbocycles. The number of hydrogen-bond donors (Lipinski definition) is 2. The molecule has 0 unspecified atom stereocenters. The Bertz CT molecular complexity index is 543. The number of hydrogen-bond acceptors (Lipinski definition) is 3. The van der Waals surface area contributed by atoms with Crippen LogP contribution in [-0.2, 0) is 13.0 Å². The molecule has 0 bridgehead atoms. The first-order chi connectivity index (χ1) is 8.84.